The maximum atomic E-state index is 12.5. The monoisotopic (exact) mass is 528 g/mol. The predicted molar refractivity (Wildman–Crippen MR) is 121 cm³/mol. The van der Waals surface area contributed by atoms with Gasteiger partial charge in [0.1, 0.15) is 5.75 Å². The number of methoxy groups -OCH3 is 1. The molecule has 0 bridgehead atoms. The summed E-state index contributed by atoms with van der Waals surface area (Å²) in [5.41, 5.74) is 2.31. The zero-order valence-corrected chi connectivity index (χ0v) is 19.6. The van der Waals surface area contributed by atoms with Crippen LogP contribution in [-0.2, 0) is 6.42 Å². The van der Waals surface area contributed by atoms with E-state index in [0.29, 0.717) is 32.1 Å². The summed E-state index contributed by atoms with van der Waals surface area (Å²) in [6, 6.07) is 6.10. The Hall–Kier alpha value is -1.23. The van der Waals surface area contributed by atoms with E-state index in [-0.39, 0.29) is 29.9 Å². The number of alkyl halides is 3. The van der Waals surface area contributed by atoms with Gasteiger partial charge in [-0.15, -0.1) is 24.0 Å². The lowest BCUT2D eigenvalue weighted by Gasteiger charge is -2.17. The van der Waals surface area contributed by atoms with Gasteiger partial charge in [-0.05, 0) is 50.8 Å². The summed E-state index contributed by atoms with van der Waals surface area (Å²) in [6.45, 7) is 6.08. The topological polar surface area (TPSA) is 48.9 Å². The highest BCUT2D eigenvalue weighted by Gasteiger charge is 2.34. The molecule has 0 aliphatic carbocycles. The fraction of sp³-hybridized carbons (Fsp3) is 0.650. The average molecular weight is 528 g/mol. The maximum absolute atomic E-state index is 12.5. The molecule has 1 aliphatic heterocycles. The van der Waals surface area contributed by atoms with Gasteiger partial charge in [-0.1, -0.05) is 17.7 Å². The third kappa shape index (κ3) is 9.41. The summed E-state index contributed by atoms with van der Waals surface area (Å²) in [7, 11) is 1.66. The minimum absolute atomic E-state index is 0. The Morgan fingerprint density at radius 1 is 1.31 bits per heavy atom. The number of rotatable bonds is 8. The molecule has 2 N–H and O–H groups in total. The molecule has 0 saturated carbocycles. The van der Waals surface area contributed by atoms with Crippen molar-refractivity contribution in [2.45, 2.75) is 32.9 Å². The van der Waals surface area contributed by atoms with Crippen LogP contribution in [0.5, 0.6) is 5.75 Å². The molecule has 1 aromatic rings. The Balaban J connectivity index is 0.00000420. The number of ether oxygens (including phenoxy) is 1. The van der Waals surface area contributed by atoms with E-state index in [1.165, 1.54) is 10.5 Å². The van der Waals surface area contributed by atoms with Gasteiger partial charge in [-0.3, -0.25) is 9.89 Å². The van der Waals surface area contributed by atoms with Gasteiger partial charge in [-0.2, -0.15) is 13.2 Å². The number of nitrogens with zero attached hydrogens (tertiary/aromatic N) is 2. The molecule has 1 heterocycles. The highest BCUT2D eigenvalue weighted by atomic mass is 127. The van der Waals surface area contributed by atoms with Crippen LogP contribution in [0.15, 0.2) is 23.2 Å². The van der Waals surface area contributed by atoms with E-state index >= 15 is 0 Å². The summed E-state index contributed by atoms with van der Waals surface area (Å²) in [5, 5.41) is 6.50. The van der Waals surface area contributed by atoms with Gasteiger partial charge in [0.2, 0.25) is 0 Å². The molecule has 1 unspecified atom stereocenters. The van der Waals surface area contributed by atoms with E-state index in [9.17, 15) is 13.2 Å². The van der Waals surface area contributed by atoms with Crippen LogP contribution in [0.4, 0.5) is 13.2 Å². The Kier molecular flexibility index (Phi) is 11.1. The molecule has 1 aliphatic rings. The fourth-order valence-electron chi connectivity index (χ4n) is 3.44. The molecular formula is C20H32F3IN4O. The normalized spacial score (nSPS) is 17.7. The molecule has 1 aromatic carbocycles. The Labute approximate surface area is 188 Å². The lowest BCUT2D eigenvalue weighted by Crippen LogP contribution is -2.39. The fourth-order valence-corrected chi connectivity index (χ4v) is 3.44. The van der Waals surface area contributed by atoms with Gasteiger partial charge in [0.15, 0.2) is 5.96 Å². The Morgan fingerprint density at radius 3 is 2.72 bits per heavy atom. The van der Waals surface area contributed by atoms with E-state index in [0.717, 1.165) is 30.7 Å². The first kappa shape index (κ1) is 25.8. The Bertz CT molecular complexity index is 655. The van der Waals surface area contributed by atoms with Crippen molar-refractivity contribution < 1.29 is 17.9 Å². The van der Waals surface area contributed by atoms with Crippen LogP contribution in [0.3, 0.4) is 0 Å². The van der Waals surface area contributed by atoms with Crippen molar-refractivity contribution in [3.8, 4) is 5.75 Å². The van der Waals surface area contributed by atoms with Crippen molar-refractivity contribution in [2.75, 3.05) is 46.4 Å². The number of guanidine groups is 1. The molecule has 2 rings (SSSR count). The van der Waals surface area contributed by atoms with Gasteiger partial charge in [0, 0.05) is 26.2 Å². The van der Waals surface area contributed by atoms with E-state index in [2.05, 4.69) is 21.7 Å². The molecule has 5 nitrogen and oxygen atoms in total. The minimum Gasteiger partial charge on any atom is -0.496 e. The van der Waals surface area contributed by atoms with Gasteiger partial charge in [0.25, 0.3) is 0 Å². The molecule has 0 aromatic heterocycles. The summed E-state index contributed by atoms with van der Waals surface area (Å²) in [5.74, 6) is 1.73. The number of likely N-dealkylation sites (tertiary alicyclic amines) is 1. The smallest absolute Gasteiger partial charge is 0.401 e. The standard InChI is InChI=1S/C20H31F3N4O.HI/c1-4-24-19(25-9-7-17-11-15(2)5-6-18(17)28-3)26-12-16-8-10-27(13-16)14-20(21,22)23;/h5-6,11,16H,4,7-10,12-14H2,1-3H3,(H2,24,25,26);1H. The third-order valence-corrected chi connectivity index (χ3v) is 4.75. The number of hydrogen-bond donors (Lipinski definition) is 2. The molecule has 0 radical (unpaired) electrons. The van der Waals surface area contributed by atoms with Crippen LogP contribution < -0.4 is 15.4 Å². The lowest BCUT2D eigenvalue weighted by molar-refractivity contribution is -0.143. The van der Waals surface area contributed by atoms with Gasteiger partial charge in [-0.25, -0.2) is 0 Å². The van der Waals surface area contributed by atoms with Crippen LogP contribution in [0.1, 0.15) is 24.5 Å². The largest absolute Gasteiger partial charge is 0.496 e. The number of aliphatic imine (C=N–C) groups is 1. The van der Waals surface area contributed by atoms with Crippen molar-refractivity contribution >= 4 is 29.9 Å². The summed E-state index contributed by atoms with van der Waals surface area (Å²) in [4.78, 5) is 6.04. The van der Waals surface area contributed by atoms with Crippen LogP contribution in [0.2, 0.25) is 0 Å². The number of halogens is 4. The summed E-state index contributed by atoms with van der Waals surface area (Å²) < 4.78 is 42.9. The molecule has 0 amide bonds. The van der Waals surface area contributed by atoms with E-state index in [1.807, 2.05) is 26.0 Å². The van der Waals surface area contributed by atoms with Crippen molar-refractivity contribution in [3.63, 3.8) is 0 Å². The SMILES string of the molecule is CCNC(=NCC1CCN(CC(F)(F)F)C1)NCCc1cc(C)ccc1OC.I. The average Bonchev–Trinajstić information content (AvgIpc) is 3.05. The van der Waals surface area contributed by atoms with Crippen molar-refractivity contribution in [3.05, 3.63) is 29.3 Å². The molecule has 1 atom stereocenters. The van der Waals surface area contributed by atoms with Crippen LogP contribution in [-0.4, -0.2) is 63.4 Å². The molecule has 1 fully saturated rings. The third-order valence-electron chi connectivity index (χ3n) is 4.75. The first-order chi connectivity index (χ1) is 13.3. The number of benzene rings is 1. The number of hydrogen-bond acceptors (Lipinski definition) is 3. The van der Waals surface area contributed by atoms with Crippen LogP contribution in [0, 0.1) is 12.8 Å². The van der Waals surface area contributed by atoms with Gasteiger partial charge < -0.3 is 15.4 Å². The highest BCUT2D eigenvalue weighted by Crippen LogP contribution is 2.23. The molecular weight excluding hydrogens is 496 g/mol. The molecule has 29 heavy (non-hydrogen) atoms. The zero-order valence-electron chi connectivity index (χ0n) is 17.3. The first-order valence-corrected chi connectivity index (χ1v) is 9.75. The molecule has 0 spiro atoms. The molecule has 9 heteroatoms. The van der Waals surface area contributed by atoms with E-state index < -0.39 is 12.7 Å². The quantitative estimate of drug-likeness (QED) is 0.308. The van der Waals surface area contributed by atoms with Crippen molar-refractivity contribution in [1.29, 1.82) is 0 Å². The van der Waals surface area contributed by atoms with Crippen LogP contribution >= 0.6 is 24.0 Å². The number of aryl methyl sites for hydroxylation is 1. The van der Waals surface area contributed by atoms with E-state index in [1.54, 1.807) is 7.11 Å². The second-order valence-electron chi connectivity index (χ2n) is 7.22. The van der Waals surface area contributed by atoms with Crippen molar-refractivity contribution in [2.24, 2.45) is 10.9 Å². The second-order valence-corrected chi connectivity index (χ2v) is 7.22. The minimum atomic E-state index is -4.13. The van der Waals surface area contributed by atoms with Gasteiger partial charge >= 0.3 is 6.18 Å². The van der Waals surface area contributed by atoms with Crippen LogP contribution in [0.25, 0.3) is 0 Å². The maximum Gasteiger partial charge on any atom is 0.401 e. The lowest BCUT2D eigenvalue weighted by atomic mass is 10.1. The first-order valence-electron chi connectivity index (χ1n) is 9.75. The summed E-state index contributed by atoms with van der Waals surface area (Å²) in [6.07, 6.45) is -2.59. The molecule has 1 saturated heterocycles. The second kappa shape index (κ2) is 12.5. The zero-order chi connectivity index (χ0) is 20.6. The van der Waals surface area contributed by atoms with Gasteiger partial charge in [0.05, 0.1) is 13.7 Å². The predicted octanol–water partition coefficient (Wildman–Crippen LogP) is 3.60. The Morgan fingerprint density at radius 2 is 2.07 bits per heavy atom. The number of nitrogens with one attached hydrogen (secondary N) is 2. The van der Waals surface area contributed by atoms with E-state index in [4.69, 9.17) is 4.74 Å². The van der Waals surface area contributed by atoms with Crippen molar-refractivity contribution in [1.82, 2.24) is 15.5 Å². The summed E-state index contributed by atoms with van der Waals surface area (Å²) >= 11 is 0. The highest BCUT2D eigenvalue weighted by molar-refractivity contribution is 14.0. The molecule has 166 valence electrons.